The molecule has 160 valence electrons. The Morgan fingerprint density at radius 2 is 1.66 bits per heavy atom. The molecule has 1 aromatic heterocycles. The van der Waals surface area contributed by atoms with E-state index in [2.05, 4.69) is 20.7 Å². The minimum Gasteiger partial charge on any atom is -0.484 e. The number of anilines is 1. The number of amides is 1. The Morgan fingerprint density at radius 3 is 2.44 bits per heavy atom. The van der Waals surface area contributed by atoms with Crippen molar-refractivity contribution in [2.45, 2.75) is 6.54 Å². The molecule has 1 amide bonds. The zero-order valence-corrected chi connectivity index (χ0v) is 16.8. The van der Waals surface area contributed by atoms with E-state index in [-0.39, 0.29) is 30.7 Å². The molecule has 0 saturated heterocycles. The number of nitrogens with one attached hydrogen (secondary N) is 1. The summed E-state index contributed by atoms with van der Waals surface area (Å²) in [4.78, 5) is 25.8. The van der Waals surface area contributed by atoms with E-state index in [1.807, 2.05) is 18.2 Å². The molecule has 0 aliphatic rings. The lowest BCUT2D eigenvalue weighted by molar-refractivity contribution is -0.118. The molecule has 0 saturated carbocycles. The topological polar surface area (TPSA) is 99.0 Å². The van der Waals surface area contributed by atoms with Gasteiger partial charge in [-0.15, -0.1) is 10.2 Å². The van der Waals surface area contributed by atoms with E-state index in [0.717, 1.165) is 4.80 Å². The summed E-state index contributed by atoms with van der Waals surface area (Å²) in [6.07, 6.45) is 0. The van der Waals surface area contributed by atoms with Gasteiger partial charge in [0.15, 0.2) is 12.4 Å². The average Bonchev–Trinajstić information content (AvgIpc) is 3.27. The van der Waals surface area contributed by atoms with Crippen molar-refractivity contribution >= 4 is 17.4 Å². The van der Waals surface area contributed by atoms with Gasteiger partial charge in [-0.25, -0.2) is 4.39 Å². The molecule has 32 heavy (non-hydrogen) atoms. The minimum atomic E-state index is -0.421. The van der Waals surface area contributed by atoms with Crippen LogP contribution in [-0.4, -0.2) is 38.5 Å². The maximum absolute atomic E-state index is 13.0. The summed E-state index contributed by atoms with van der Waals surface area (Å²) in [5.74, 6) is -0.215. The number of carbonyl (C=O) groups is 2. The molecular weight excluding hydrogens is 413 g/mol. The highest BCUT2D eigenvalue weighted by Crippen LogP contribution is 2.24. The van der Waals surface area contributed by atoms with Crippen LogP contribution in [0.2, 0.25) is 0 Å². The Bertz CT molecular complexity index is 1230. The number of rotatable bonds is 8. The second-order valence-corrected chi connectivity index (χ2v) is 6.77. The van der Waals surface area contributed by atoms with Gasteiger partial charge >= 0.3 is 0 Å². The molecule has 1 N–H and O–H groups in total. The molecule has 1 heterocycles. The van der Waals surface area contributed by atoms with E-state index in [9.17, 15) is 14.0 Å². The predicted octanol–water partition coefficient (Wildman–Crippen LogP) is 3.38. The molecule has 3 aromatic carbocycles. The van der Waals surface area contributed by atoms with Gasteiger partial charge in [0.2, 0.25) is 5.82 Å². The summed E-state index contributed by atoms with van der Waals surface area (Å²) >= 11 is 0. The van der Waals surface area contributed by atoms with Crippen LogP contribution < -0.4 is 10.1 Å². The molecule has 0 fully saturated rings. The van der Waals surface area contributed by atoms with Crippen LogP contribution in [0.3, 0.4) is 0 Å². The SMILES string of the molecule is O=C(COc1ccccc1)Nc1ccccc1-c1nnn(CC(=O)c2ccc(F)cc2)n1. The second-order valence-electron chi connectivity index (χ2n) is 6.77. The summed E-state index contributed by atoms with van der Waals surface area (Å²) in [5, 5.41) is 14.9. The number of benzene rings is 3. The van der Waals surface area contributed by atoms with Gasteiger partial charge in [-0.3, -0.25) is 9.59 Å². The number of nitrogens with zero attached hydrogens (tertiary/aromatic N) is 4. The summed E-state index contributed by atoms with van der Waals surface area (Å²) in [5.41, 5.74) is 1.37. The monoisotopic (exact) mass is 431 g/mol. The molecule has 0 aliphatic heterocycles. The van der Waals surface area contributed by atoms with E-state index in [1.165, 1.54) is 24.3 Å². The largest absolute Gasteiger partial charge is 0.484 e. The lowest BCUT2D eigenvalue weighted by Gasteiger charge is -2.09. The molecule has 0 radical (unpaired) electrons. The van der Waals surface area contributed by atoms with Crippen LogP contribution in [0.1, 0.15) is 10.4 Å². The van der Waals surface area contributed by atoms with E-state index in [1.54, 1.807) is 36.4 Å². The van der Waals surface area contributed by atoms with Crippen molar-refractivity contribution in [1.29, 1.82) is 0 Å². The van der Waals surface area contributed by atoms with E-state index >= 15 is 0 Å². The molecule has 0 bridgehead atoms. The van der Waals surface area contributed by atoms with Crippen LogP contribution in [0.15, 0.2) is 78.9 Å². The molecule has 0 spiro atoms. The van der Waals surface area contributed by atoms with Crippen LogP contribution >= 0.6 is 0 Å². The highest BCUT2D eigenvalue weighted by molar-refractivity contribution is 5.96. The first-order valence-electron chi connectivity index (χ1n) is 9.72. The van der Waals surface area contributed by atoms with Crippen molar-refractivity contribution < 1.29 is 18.7 Å². The predicted molar refractivity (Wildman–Crippen MR) is 115 cm³/mol. The Morgan fingerprint density at radius 1 is 0.938 bits per heavy atom. The van der Waals surface area contributed by atoms with Gasteiger partial charge in [0.1, 0.15) is 18.1 Å². The van der Waals surface area contributed by atoms with Crippen LogP contribution in [0.4, 0.5) is 10.1 Å². The number of hydrogen-bond acceptors (Lipinski definition) is 6. The number of ether oxygens (including phenoxy) is 1. The third-order valence-electron chi connectivity index (χ3n) is 4.46. The van der Waals surface area contributed by atoms with Gasteiger partial charge in [-0.2, -0.15) is 4.80 Å². The Kier molecular flexibility index (Phi) is 6.26. The van der Waals surface area contributed by atoms with Crippen molar-refractivity contribution in [2.24, 2.45) is 0 Å². The van der Waals surface area contributed by atoms with Crippen molar-refractivity contribution in [3.8, 4) is 17.1 Å². The van der Waals surface area contributed by atoms with Crippen LogP contribution in [0.25, 0.3) is 11.4 Å². The first kappa shape index (κ1) is 20.9. The third-order valence-corrected chi connectivity index (χ3v) is 4.46. The molecule has 4 aromatic rings. The fraction of sp³-hybridized carbons (Fsp3) is 0.0870. The summed E-state index contributed by atoms with van der Waals surface area (Å²) < 4.78 is 18.5. The number of ketones is 1. The molecule has 0 unspecified atom stereocenters. The number of para-hydroxylation sites is 2. The standard InChI is InChI=1S/C23H18FN5O3/c24-17-12-10-16(11-13-17)21(30)14-29-27-23(26-28-29)19-8-4-5-9-20(19)25-22(31)15-32-18-6-2-1-3-7-18/h1-13H,14-15H2,(H,25,31). The summed E-state index contributed by atoms with van der Waals surface area (Å²) in [7, 11) is 0. The van der Waals surface area contributed by atoms with Crippen molar-refractivity contribution in [3.05, 3.63) is 90.2 Å². The van der Waals surface area contributed by atoms with Gasteiger partial charge in [-0.05, 0) is 53.7 Å². The Hall–Kier alpha value is -4.40. The van der Waals surface area contributed by atoms with Crippen molar-refractivity contribution in [1.82, 2.24) is 20.2 Å². The van der Waals surface area contributed by atoms with Crippen LogP contribution in [0.5, 0.6) is 5.75 Å². The lowest BCUT2D eigenvalue weighted by Crippen LogP contribution is -2.20. The average molecular weight is 431 g/mol. The fourth-order valence-corrected chi connectivity index (χ4v) is 2.91. The highest BCUT2D eigenvalue weighted by Gasteiger charge is 2.15. The van der Waals surface area contributed by atoms with Gasteiger partial charge in [0, 0.05) is 11.1 Å². The smallest absolute Gasteiger partial charge is 0.262 e. The highest BCUT2D eigenvalue weighted by atomic mass is 19.1. The zero-order chi connectivity index (χ0) is 22.3. The molecule has 4 rings (SSSR count). The maximum atomic E-state index is 13.0. The lowest BCUT2D eigenvalue weighted by atomic mass is 10.1. The van der Waals surface area contributed by atoms with Crippen LogP contribution in [-0.2, 0) is 11.3 Å². The molecule has 0 aliphatic carbocycles. The molecule has 8 nitrogen and oxygen atoms in total. The number of hydrogen-bond donors (Lipinski definition) is 1. The fourth-order valence-electron chi connectivity index (χ4n) is 2.91. The number of halogens is 1. The zero-order valence-electron chi connectivity index (χ0n) is 16.8. The van der Waals surface area contributed by atoms with Gasteiger partial charge in [0.05, 0.1) is 5.69 Å². The normalized spacial score (nSPS) is 10.5. The van der Waals surface area contributed by atoms with Gasteiger partial charge < -0.3 is 10.1 Å². The maximum Gasteiger partial charge on any atom is 0.262 e. The Labute approximate surface area is 182 Å². The number of Topliss-reactive ketones (excluding diaryl/α,β-unsaturated/α-hetero) is 1. The van der Waals surface area contributed by atoms with Crippen molar-refractivity contribution in [3.63, 3.8) is 0 Å². The molecule has 9 heteroatoms. The van der Waals surface area contributed by atoms with Crippen molar-refractivity contribution in [2.75, 3.05) is 11.9 Å². The summed E-state index contributed by atoms with van der Waals surface area (Å²) in [6.45, 7) is -0.317. The first-order valence-corrected chi connectivity index (χ1v) is 9.72. The van der Waals surface area contributed by atoms with E-state index in [4.69, 9.17) is 4.74 Å². The number of tetrazole rings is 1. The third kappa shape index (κ3) is 5.20. The quantitative estimate of drug-likeness (QED) is 0.430. The van der Waals surface area contributed by atoms with E-state index < -0.39 is 5.82 Å². The van der Waals surface area contributed by atoms with Gasteiger partial charge in [-0.1, -0.05) is 30.3 Å². The minimum absolute atomic E-state index is 0.155. The first-order chi connectivity index (χ1) is 15.6. The molecular formula is C23H18FN5O3. The number of carbonyl (C=O) groups excluding carboxylic acids is 2. The molecule has 0 atom stereocenters. The Balaban J connectivity index is 1.43. The number of aromatic nitrogens is 4. The van der Waals surface area contributed by atoms with E-state index in [0.29, 0.717) is 22.6 Å². The van der Waals surface area contributed by atoms with Gasteiger partial charge in [0.25, 0.3) is 5.91 Å². The van der Waals surface area contributed by atoms with Crippen LogP contribution in [0, 0.1) is 5.82 Å². The second kappa shape index (κ2) is 9.61. The summed E-state index contributed by atoms with van der Waals surface area (Å²) in [6, 6.07) is 21.2.